The molecule has 0 unspecified atom stereocenters. The van der Waals surface area contributed by atoms with Crippen molar-refractivity contribution in [2.45, 2.75) is 25.4 Å². The van der Waals surface area contributed by atoms with E-state index in [0.717, 1.165) is 29.8 Å². The fourth-order valence-electron chi connectivity index (χ4n) is 1.95. The zero-order chi connectivity index (χ0) is 12.4. The summed E-state index contributed by atoms with van der Waals surface area (Å²) in [7, 11) is 0. The van der Waals surface area contributed by atoms with Crippen molar-refractivity contribution in [3.63, 3.8) is 0 Å². The molecule has 1 aliphatic rings. The quantitative estimate of drug-likeness (QED) is 0.838. The summed E-state index contributed by atoms with van der Waals surface area (Å²) in [4.78, 5) is 4.53. The summed E-state index contributed by atoms with van der Waals surface area (Å²) in [5.74, 6) is 0.717. The smallest absolute Gasteiger partial charge is 0.214 e. The Kier molecular flexibility index (Phi) is 2.89. The van der Waals surface area contributed by atoms with Crippen LogP contribution in [-0.4, -0.2) is 11.1 Å². The van der Waals surface area contributed by atoms with E-state index in [1.807, 2.05) is 42.5 Å². The number of aromatic nitrogens is 1. The van der Waals surface area contributed by atoms with Gasteiger partial charge < -0.3 is 10.5 Å². The molecule has 0 saturated heterocycles. The van der Waals surface area contributed by atoms with Crippen LogP contribution in [0.2, 0.25) is 0 Å². The van der Waals surface area contributed by atoms with Gasteiger partial charge in [-0.15, -0.1) is 0 Å². The second-order valence-corrected chi connectivity index (χ2v) is 4.65. The average Bonchev–Trinajstić information content (AvgIpc) is 2.35. The zero-order valence-electron chi connectivity index (χ0n) is 10.2. The molecule has 1 heterocycles. The van der Waals surface area contributed by atoms with E-state index in [9.17, 15) is 0 Å². The van der Waals surface area contributed by atoms with Crippen molar-refractivity contribution in [1.82, 2.24) is 4.98 Å². The van der Waals surface area contributed by atoms with Gasteiger partial charge in [-0.1, -0.05) is 18.2 Å². The second-order valence-electron chi connectivity index (χ2n) is 4.65. The molecular weight excluding hydrogens is 224 g/mol. The molecule has 18 heavy (non-hydrogen) atoms. The van der Waals surface area contributed by atoms with Gasteiger partial charge in [-0.05, 0) is 37.5 Å². The molecule has 0 bridgehead atoms. The van der Waals surface area contributed by atoms with Gasteiger partial charge in [0.25, 0.3) is 0 Å². The first-order chi connectivity index (χ1) is 8.81. The highest BCUT2D eigenvalue weighted by Gasteiger charge is 2.19. The fourth-order valence-corrected chi connectivity index (χ4v) is 1.95. The van der Waals surface area contributed by atoms with Gasteiger partial charge in [0.05, 0.1) is 5.69 Å². The molecule has 1 saturated carbocycles. The van der Waals surface area contributed by atoms with Crippen LogP contribution < -0.4 is 10.5 Å². The molecule has 1 aromatic heterocycles. The highest BCUT2D eigenvalue weighted by atomic mass is 16.5. The van der Waals surface area contributed by atoms with Gasteiger partial charge in [-0.25, -0.2) is 4.98 Å². The molecule has 92 valence electrons. The minimum Gasteiger partial charge on any atom is -0.474 e. The Bertz CT molecular complexity index is 532. The maximum atomic E-state index is 5.80. The van der Waals surface area contributed by atoms with Crippen LogP contribution in [0.1, 0.15) is 19.3 Å². The molecule has 3 rings (SSSR count). The largest absolute Gasteiger partial charge is 0.474 e. The van der Waals surface area contributed by atoms with Crippen LogP contribution in [0, 0.1) is 0 Å². The topological polar surface area (TPSA) is 48.1 Å². The molecule has 2 N–H and O–H groups in total. The number of rotatable bonds is 3. The van der Waals surface area contributed by atoms with Crippen LogP contribution in [0.5, 0.6) is 5.88 Å². The molecule has 3 nitrogen and oxygen atoms in total. The first-order valence-electron chi connectivity index (χ1n) is 6.31. The Balaban J connectivity index is 1.83. The molecular formula is C15H16N2O. The highest BCUT2D eigenvalue weighted by molar-refractivity contribution is 5.62. The van der Waals surface area contributed by atoms with E-state index in [1.165, 1.54) is 6.42 Å². The van der Waals surface area contributed by atoms with Crippen LogP contribution in [0.15, 0.2) is 42.5 Å². The SMILES string of the molecule is Nc1ccc(-c2cccc(OC3CCC3)n2)cc1. The Labute approximate surface area is 107 Å². The van der Waals surface area contributed by atoms with E-state index in [2.05, 4.69) is 4.98 Å². The number of benzene rings is 1. The Morgan fingerprint density at radius 3 is 2.50 bits per heavy atom. The van der Waals surface area contributed by atoms with Crippen molar-refractivity contribution in [1.29, 1.82) is 0 Å². The summed E-state index contributed by atoms with van der Waals surface area (Å²) in [6, 6.07) is 13.6. The van der Waals surface area contributed by atoms with Gasteiger partial charge in [0.1, 0.15) is 6.10 Å². The van der Waals surface area contributed by atoms with Crippen LogP contribution in [0.25, 0.3) is 11.3 Å². The molecule has 3 heteroatoms. The number of hydrogen-bond donors (Lipinski definition) is 1. The van der Waals surface area contributed by atoms with E-state index < -0.39 is 0 Å². The molecule has 0 radical (unpaired) electrons. The molecule has 1 aliphatic carbocycles. The Morgan fingerprint density at radius 2 is 1.83 bits per heavy atom. The first kappa shape index (κ1) is 11.1. The van der Waals surface area contributed by atoms with Crippen molar-refractivity contribution >= 4 is 5.69 Å². The van der Waals surface area contributed by atoms with E-state index in [-0.39, 0.29) is 0 Å². The Hall–Kier alpha value is -2.03. The predicted octanol–water partition coefficient (Wildman–Crippen LogP) is 3.26. The third kappa shape index (κ3) is 2.30. The van der Waals surface area contributed by atoms with Crippen molar-refractivity contribution < 1.29 is 4.74 Å². The number of nitrogens with two attached hydrogens (primary N) is 1. The van der Waals surface area contributed by atoms with Gasteiger partial charge in [0.2, 0.25) is 5.88 Å². The average molecular weight is 240 g/mol. The van der Waals surface area contributed by atoms with Gasteiger partial charge in [-0.2, -0.15) is 0 Å². The number of nitrogens with zero attached hydrogens (tertiary/aromatic N) is 1. The number of anilines is 1. The molecule has 0 aliphatic heterocycles. The van der Waals surface area contributed by atoms with Gasteiger partial charge in [0, 0.05) is 17.3 Å². The fraction of sp³-hybridized carbons (Fsp3) is 0.267. The molecule has 0 amide bonds. The summed E-state index contributed by atoms with van der Waals surface area (Å²) in [5, 5.41) is 0. The number of hydrogen-bond acceptors (Lipinski definition) is 3. The van der Waals surface area contributed by atoms with E-state index in [1.54, 1.807) is 0 Å². The molecule has 0 atom stereocenters. The molecule has 1 aromatic carbocycles. The summed E-state index contributed by atoms with van der Waals surface area (Å²) in [5.41, 5.74) is 8.43. The monoisotopic (exact) mass is 240 g/mol. The zero-order valence-corrected chi connectivity index (χ0v) is 10.2. The third-order valence-corrected chi connectivity index (χ3v) is 3.27. The lowest BCUT2D eigenvalue weighted by Gasteiger charge is -2.25. The lowest BCUT2D eigenvalue weighted by atomic mass is 9.96. The summed E-state index contributed by atoms with van der Waals surface area (Å²) in [6.07, 6.45) is 3.92. The molecule has 2 aromatic rings. The standard InChI is InChI=1S/C15H16N2O/c16-12-9-7-11(8-10-12)14-5-2-6-15(17-14)18-13-3-1-4-13/h2,5-10,13H,1,3-4,16H2. The minimum atomic E-state index is 0.360. The predicted molar refractivity (Wildman–Crippen MR) is 72.4 cm³/mol. The van der Waals surface area contributed by atoms with Crippen molar-refractivity contribution in [2.24, 2.45) is 0 Å². The van der Waals surface area contributed by atoms with Crippen LogP contribution in [-0.2, 0) is 0 Å². The third-order valence-electron chi connectivity index (χ3n) is 3.27. The van der Waals surface area contributed by atoms with Crippen molar-refractivity contribution in [3.05, 3.63) is 42.5 Å². The number of nitrogen functional groups attached to an aromatic ring is 1. The normalized spacial score (nSPS) is 15.1. The van der Waals surface area contributed by atoms with Crippen LogP contribution >= 0.6 is 0 Å². The Morgan fingerprint density at radius 1 is 1.06 bits per heavy atom. The number of pyridine rings is 1. The summed E-state index contributed by atoms with van der Waals surface area (Å²) >= 11 is 0. The summed E-state index contributed by atoms with van der Waals surface area (Å²) in [6.45, 7) is 0. The minimum absolute atomic E-state index is 0.360. The van der Waals surface area contributed by atoms with E-state index in [4.69, 9.17) is 10.5 Å². The van der Waals surface area contributed by atoms with Gasteiger partial charge >= 0.3 is 0 Å². The van der Waals surface area contributed by atoms with Crippen LogP contribution in [0.3, 0.4) is 0 Å². The van der Waals surface area contributed by atoms with Gasteiger partial charge in [-0.3, -0.25) is 0 Å². The maximum absolute atomic E-state index is 5.80. The second kappa shape index (κ2) is 4.69. The first-order valence-corrected chi connectivity index (χ1v) is 6.31. The lowest BCUT2D eigenvalue weighted by molar-refractivity contribution is 0.115. The molecule has 0 spiro atoms. The maximum Gasteiger partial charge on any atom is 0.214 e. The van der Waals surface area contributed by atoms with Crippen LogP contribution in [0.4, 0.5) is 5.69 Å². The summed E-state index contributed by atoms with van der Waals surface area (Å²) < 4.78 is 5.80. The lowest BCUT2D eigenvalue weighted by Crippen LogP contribution is -2.24. The van der Waals surface area contributed by atoms with E-state index >= 15 is 0 Å². The van der Waals surface area contributed by atoms with E-state index in [0.29, 0.717) is 12.0 Å². The number of ether oxygens (including phenoxy) is 1. The molecule has 1 fully saturated rings. The van der Waals surface area contributed by atoms with Crippen molar-refractivity contribution in [2.75, 3.05) is 5.73 Å². The van der Waals surface area contributed by atoms with Crippen molar-refractivity contribution in [3.8, 4) is 17.1 Å². The van der Waals surface area contributed by atoms with Gasteiger partial charge in [0.15, 0.2) is 0 Å². The highest BCUT2D eigenvalue weighted by Crippen LogP contribution is 2.26.